The third-order valence-corrected chi connectivity index (χ3v) is 5.92. The van der Waals surface area contributed by atoms with Crippen molar-refractivity contribution in [2.75, 3.05) is 0 Å². The van der Waals surface area contributed by atoms with Crippen molar-refractivity contribution in [2.24, 2.45) is 0 Å². The molecule has 2 aromatic heterocycles. The Bertz CT molecular complexity index is 1270. The van der Waals surface area contributed by atoms with E-state index in [1.807, 2.05) is 18.3 Å². The minimum atomic E-state index is 0.823. The summed E-state index contributed by atoms with van der Waals surface area (Å²) in [5.74, 6) is 0. The van der Waals surface area contributed by atoms with Gasteiger partial charge in [-0.05, 0) is 57.4 Å². The highest BCUT2D eigenvalue weighted by molar-refractivity contribution is 9.10. The van der Waals surface area contributed by atoms with E-state index in [1.165, 1.54) is 27.6 Å². The van der Waals surface area contributed by atoms with Crippen molar-refractivity contribution in [2.45, 2.75) is 6.42 Å². The lowest BCUT2D eigenvalue weighted by Crippen LogP contribution is -1.94. The summed E-state index contributed by atoms with van der Waals surface area (Å²) < 4.78 is 3.32. The molecule has 0 radical (unpaired) electrons. The molecule has 0 aliphatic heterocycles. The van der Waals surface area contributed by atoms with Crippen molar-refractivity contribution in [3.05, 3.63) is 119 Å². The maximum atomic E-state index is 4.61. The second kappa shape index (κ2) is 7.69. The number of fused-ring (bicyclic) bond motifs is 1. The van der Waals surface area contributed by atoms with Gasteiger partial charge in [0.25, 0.3) is 0 Å². The van der Waals surface area contributed by atoms with Gasteiger partial charge in [-0.3, -0.25) is 4.98 Å². The third-order valence-electron chi connectivity index (χ3n) is 5.16. The predicted octanol–water partition coefficient (Wildman–Crippen LogP) is 7.05. The van der Waals surface area contributed by atoms with Gasteiger partial charge in [0.1, 0.15) is 0 Å². The van der Waals surface area contributed by atoms with Gasteiger partial charge in [0.15, 0.2) is 0 Å². The molecule has 0 saturated heterocycles. The zero-order valence-corrected chi connectivity index (χ0v) is 17.4. The molecule has 5 rings (SSSR count). The number of aromatic nitrogens is 2. The summed E-state index contributed by atoms with van der Waals surface area (Å²) in [6, 6.07) is 33.8. The van der Waals surface area contributed by atoms with Crippen LogP contribution in [0.15, 0.2) is 108 Å². The fourth-order valence-corrected chi connectivity index (χ4v) is 4.69. The molecular formula is C26H19BrN2. The van der Waals surface area contributed by atoms with Crippen LogP contribution in [0.2, 0.25) is 0 Å². The van der Waals surface area contributed by atoms with Crippen LogP contribution in [-0.2, 0) is 6.42 Å². The van der Waals surface area contributed by atoms with Crippen LogP contribution in [0.25, 0.3) is 27.7 Å². The van der Waals surface area contributed by atoms with E-state index in [4.69, 9.17) is 0 Å². The zero-order valence-electron chi connectivity index (χ0n) is 15.8. The van der Waals surface area contributed by atoms with Crippen LogP contribution in [0.5, 0.6) is 0 Å². The molecule has 0 saturated carbocycles. The lowest BCUT2D eigenvalue weighted by molar-refractivity contribution is 1.07. The Morgan fingerprint density at radius 2 is 1.45 bits per heavy atom. The summed E-state index contributed by atoms with van der Waals surface area (Å²) in [6.07, 6.45) is 2.73. The van der Waals surface area contributed by atoms with Gasteiger partial charge < -0.3 is 4.57 Å². The average molecular weight is 439 g/mol. The number of hydrogen-bond donors (Lipinski definition) is 0. The van der Waals surface area contributed by atoms with Gasteiger partial charge in [0.2, 0.25) is 0 Å². The molecule has 2 nitrogen and oxygen atoms in total. The summed E-state index contributed by atoms with van der Waals surface area (Å²) in [7, 11) is 0. The SMILES string of the molecule is Brc1c(-c2ccnc(Cc3ccccc3)c2)c2ccccc2n1-c1ccccc1. The highest BCUT2D eigenvalue weighted by Gasteiger charge is 2.18. The molecular weight excluding hydrogens is 420 g/mol. The quantitative estimate of drug-likeness (QED) is 0.294. The first-order valence-electron chi connectivity index (χ1n) is 9.65. The molecule has 0 aliphatic rings. The van der Waals surface area contributed by atoms with Crippen molar-refractivity contribution in [3.8, 4) is 16.8 Å². The maximum absolute atomic E-state index is 4.61. The molecule has 0 unspecified atom stereocenters. The van der Waals surface area contributed by atoms with E-state index in [1.54, 1.807) is 0 Å². The maximum Gasteiger partial charge on any atom is 0.0983 e. The molecule has 140 valence electrons. The highest BCUT2D eigenvalue weighted by Crippen LogP contribution is 2.40. The smallest absolute Gasteiger partial charge is 0.0983 e. The predicted molar refractivity (Wildman–Crippen MR) is 123 cm³/mol. The lowest BCUT2D eigenvalue weighted by Gasteiger charge is -2.08. The molecule has 0 N–H and O–H groups in total. The highest BCUT2D eigenvalue weighted by atomic mass is 79.9. The fourth-order valence-electron chi connectivity index (χ4n) is 3.85. The topological polar surface area (TPSA) is 17.8 Å². The number of pyridine rings is 1. The molecule has 0 fully saturated rings. The van der Waals surface area contributed by atoms with Crippen LogP contribution in [0.1, 0.15) is 11.3 Å². The molecule has 3 heteroatoms. The van der Waals surface area contributed by atoms with Crippen LogP contribution >= 0.6 is 15.9 Å². The van der Waals surface area contributed by atoms with Crippen LogP contribution < -0.4 is 0 Å². The van der Waals surface area contributed by atoms with E-state index in [9.17, 15) is 0 Å². The standard InChI is InChI=1S/C26H19BrN2/c27-26-25(20-15-16-28-21(18-20)17-19-9-3-1-4-10-19)23-13-7-8-14-24(23)29(26)22-11-5-2-6-12-22/h1-16,18H,17H2. The Balaban J connectivity index is 1.67. The summed E-state index contributed by atoms with van der Waals surface area (Å²) in [5, 5.41) is 1.22. The first-order chi connectivity index (χ1) is 14.3. The normalized spacial score (nSPS) is 11.1. The van der Waals surface area contributed by atoms with Gasteiger partial charge in [-0.1, -0.05) is 66.7 Å². The van der Waals surface area contributed by atoms with Gasteiger partial charge >= 0.3 is 0 Å². The van der Waals surface area contributed by atoms with Crippen molar-refractivity contribution in [1.29, 1.82) is 0 Å². The fraction of sp³-hybridized carbons (Fsp3) is 0.0385. The minimum Gasteiger partial charge on any atom is -0.303 e. The molecule has 0 spiro atoms. The number of para-hydroxylation sites is 2. The van der Waals surface area contributed by atoms with Crippen LogP contribution in [0.4, 0.5) is 0 Å². The van der Waals surface area contributed by atoms with Crippen LogP contribution in [0, 0.1) is 0 Å². The summed E-state index contributed by atoms with van der Waals surface area (Å²) in [4.78, 5) is 4.61. The Hall–Kier alpha value is -3.17. The first-order valence-corrected chi connectivity index (χ1v) is 10.4. The average Bonchev–Trinajstić information content (AvgIpc) is 3.07. The number of halogens is 1. The van der Waals surface area contributed by atoms with E-state index in [2.05, 4.69) is 110 Å². The molecule has 29 heavy (non-hydrogen) atoms. The number of rotatable bonds is 4. The molecule has 2 heterocycles. The van der Waals surface area contributed by atoms with Gasteiger partial charge in [-0.2, -0.15) is 0 Å². The lowest BCUT2D eigenvalue weighted by atomic mass is 10.0. The van der Waals surface area contributed by atoms with Gasteiger partial charge in [0, 0.05) is 34.9 Å². The van der Waals surface area contributed by atoms with E-state index in [0.29, 0.717) is 0 Å². The summed E-state index contributed by atoms with van der Waals surface area (Å²) in [6.45, 7) is 0. The number of benzene rings is 3. The van der Waals surface area contributed by atoms with Crippen LogP contribution in [0.3, 0.4) is 0 Å². The van der Waals surface area contributed by atoms with E-state index in [0.717, 1.165) is 22.4 Å². The molecule has 0 atom stereocenters. The molecule has 3 aromatic carbocycles. The Morgan fingerprint density at radius 3 is 2.24 bits per heavy atom. The van der Waals surface area contributed by atoms with Crippen molar-refractivity contribution in [3.63, 3.8) is 0 Å². The number of hydrogen-bond acceptors (Lipinski definition) is 1. The Morgan fingerprint density at radius 1 is 0.759 bits per heavy atom. The Kier molecular flexibility index (Phi) is 4.74. The molecule has 0 bridgehead atoms. The number of nitrogens with zero attached hydrogens (tertiary/aromatic N) is 2. The monoisotopic (exact) mass is 438 g/mol. The van der Waals surface area contributed by atoms with Crippen molar-refractivity contribution < 1.29 is 0 Å². The third kappa shape index (κ3) is 3.39. The first kappa shape index (κ1) is 17.9. The zero-order chi connectivity index (χ0) is 19.6. The van der Waals surface area contributed by atoms with E-state index >= 15 is 0 Å². The molecule has 0 amide bonds. The van der Waals surface area contributed by atoms with Crippen LogP contribution in [-0.4, -0.2) is 9.55 Å². The van der Waals surface area contributed by atoms with Gasteiger partial charge in [-0.15, -0.1) is 0 Å². The Labute approximate surface area is 178 Å². The van der Waals surface area contributed by atoms with Gasteiger partial charge in [0.05, 0.1) is 10.1 Å². The summed E-state index contributed by atoms with van der Waals surface area (Å²) >= 11 is 3.90. The van der Waals surface area contributed by atoms with Gasteiger partial charge in [-0.25, -0.2) is 0 Å². The second-order valence-corrected chi connectivity index (χ2v) is 7.80. The van der Waals surface area contributed by atoms with Crippen molar-refractivity contribution >= 4 is 26.8 Å². The minimum absolute atomic E-state index is 0.823. The van der Waals surface area contributed by atoms with E-state index < -0.39 is 0 Å². The summed E-state index contributed by atoms with van der Waals surface area (Å²) in [5.41, 5.74) is 7.02. The molecule has 0 aliphatic carbocycles. The second-order valence-electron chi connectivity index (χ2n) is 7.05. The van der Waals surface area contributed by atoms with Crippen molar-refractivity contribution in [1.82, 2.24) is 9.55 Å². The van der Waals surface area contributed by atoms with E-state index in [-0.39, 0.29) is 0 Å². The molecule has 5 aromatic rings. The largest absolute Gasteiger partial charge is 0.303 e.